The predicted molar refractivity (Wildman–Crippen MR) is 96.2 cm³/mol. The van der Waals surface area contributed by atoms with Gasteiger partial charge in [-0.15, -0.1) is 0 Å². The topological polar surface area (TPSA) is 82.1 Å². The zero-order chi connectivity index (χ0) is 20.0. The summed E-state index contributed by atoms with van der Waals surface area (Å²) < 4.78 is 15.6. The lowest BCUT2D eigenvalue weighted by Gasteiger charge is -2.29. The van der Waals surface area contributed by atoms with E-state index in [-0.39, 0.29) is 11.7 Å². The molecule has 1 aromatic carbocycles. The predicted octanol–water partition coefficient (Wildman–Crippen LogP) is 3.16. The molecule has 0 radical (unpaired) electrons. The minimum Gasteiger partial charge on any atom is -0.444 e. The number of cyclic esters (lactones) is 2. The van der Waals surface area contributed by atoms with Crippen LogP contribution in [0.2, 0.25) is 0 Å². The summed E-state index contributed by atoms with van der Waals surface area (Å²) in [5.41, 5.74) is 1.88. The Morgan fingerprint density at radius 2 is 1.70 bits per heavy atom. The first-order valence-corrected chi connectivity index (χ1v) is 8.72. The quantitative estimate of drug-likeness (QED) is 0.427. The van der Waals surface area contributed by atoms with E-state index in [0.717, 1.165) is 11.1 Å². The Bertz CT molecular complexity index is 825. The van der Waals surface area contributed by atoms with E-state index in [0.29, 0.717) is 18.7 Å². The average molecular weight is 373 g/mol. The van der Waals surface area contributed by atoms with Gasteiger partial charge in [0, 0.05) is 26.9 Å². The largest absolute Gasteiger partial charge is 0.444 e. The molecule has 0 saturated carbocycles. The third kappa shape index (κ3) is 4.30. The van der Waals surface area contributed by atoms with Gasteiger partial charge in [-0.1, -0.05) is 12.1 Å². The van der Waals surface area contributed by atoms with Crippen molar-refractivity contribution in [2.45, 2.75) is 59.1 Å². The third-order valence-electron chi connectivity index (χ3n) is 4.03. The lowest BCUT2D eigenvalue weighted by Crippen LogP contribution is -2.41. The molecule has 0 bridgehead atoms. The monoisotopic (exact) mass is 373 g/mol. The fraction of sp³-hybridized carbons (Fsp3) is 0.450. The minimum absolute atomic E-state index is 0.156. The van der Waals surface area contributed by atoms with Gasteiger partial charge < -0.3 is 14.2 Å². The number of rotatable bonds is 1. The van der Waals surface area contributed by atoms with Crippen LogP contribution < -0.4 is 0 Å². The van der Waals surface area contributed by atoms with Crippen molar-refractivity contribution in [1.82, 2.24) is 4.90 Å². The highest BCUT2D eigenvalue weighted by molar-refractivity contribution is 6.18. The lowest BCUT2D eigenvalue weighted by molar-refractivity contribution is -0.222. The molecule has 2 aliphatic rings. The molecule has 1 amide bonds. The van der Waals surface area contributed by atoms with Crippen molar-refractivity contribution in [2.24, 2.45) is 0 Å². The van der Waals surface area contributed by atoms with E-state index in [9.17, 15) is 14.4 Å². The van der Waals surface area contributed by atoms with Gasteiger partial charge in [0.05, 0.1) is 0 Å². The number of nitrogens with zero attached hydrogens (tertiary/aromatic N) is 1. The number of benzene rings is 1. The summed E-state index contributed by atoms with van der Waals surface area (Å²) in [5.74, 6) is -2.70. The maximum atomic E-state index is 12.2. The van der Waals surface area contributed by atoms with E-state index >= 15 is 0 Å². The molecule has 0 aliphatic carbocycles. The van der Waals surface area contributed by atoms with Crippen LogP contribution in [-0.4, -0.2) is 34.3 Å². The fourth-order valence-electron chi connectivity index (χ4n) is 2.90. The second kappa shape index (κ2) is 6.40. The molecular weight excluding hydrogens is 350 g/mol. The van der Waals surface area contributed by atoms with Gasteiger partial charge in [0.15, 0.2) is 0 Å². The highest BCUT2D eigenvalue weighted by atomic mass is 16.7. The van der Waals surface area contributed by atoms with Gasteiger partial charge in [-0.3, -0.25) is 4.90 Å². The number of fused-ring (bicyclic) bond motifs is 1. The molecule has 2 aliphatic heterocycles. The van der Waals surface area contributed by atoms with Crippen molar-refractivity contribution in [3.8, 4) is 0 Å². The van der Waals surface area contributed by atoms with Gasteiger partial charge in [0.2, 0.25) is 0 Å². The molecule has 2 heterocycles. The fourth-order valence-corrected chi connectivity index (χ4v) is 2.90. The van der Waals surface area contributed by atoms with Gasteiger partial charge in [0.25, 0.3) is 5.79 Å². The molecule has 27 heavy (non-hydrogen) atoms. The molecule has 0 atom stereocenters. The van der Waals surface area contributed by atoms with Crippen molar-refractivity contribution >= 4 is 24.1 Å². The molecule has 1 fully saturated rings. The highest BCUT2D eigenvalue weighted by Crippen LogP contribution is 2.28. The number of carbonyl (C=O) groups is 3. The Hall–Kier alpha value is -2.83. The second-order valence-electron chi connectivity index (χ2n) is 8.10. The number of hydrogen-bond acceptors (Lipinski definition) is 6. The maximum absolute atomic E-state index is 12.2. The van der Waals surface area contributed by atoms with Crippen molar-refractivity contribution in [2.75, 3.05) is 0 Å². The number of amides is 1. The number of carbonyl (C=O) groups excluding carboxylic acids is 3. The summed E-state index contributed by atoms with van der Waals surface area (Å²) in [7, 11) is 0. The third-order valence-corrected chi connectivity index (χ3v) is 4.03. The van der Waals surface area contributed by atoms with Crippen molar-refractivity contribution in [3.63, 3.8) is 0 Å². The molecular formula is C20H23NO6. The van der Waals surface area contributed by atoms with E-state index in [1.807, 2.05) is 32.9 Å². The number of ether oxygens (including phenoxy) is 3. The number of hydrogen-bond donors (Lipinski definition) is 0. The first-order valence-electron chi connectivity index (χ1n) is 8.72. The first-order chi connectivity index (χ1) is 12.4. The molecule has 7 heteroatoms. The zero-order valence-electron chi connectivity index (χ0n) is 16.1. The van der Waals surface area contributed by atoms with Gasteiger partial charge in [0.1, 0.15) is 11.2 Å². The van der Waals surface area contributed by atoms with Crippen LogP contribution in [0.1, 0.15) is 51.3 Å². The molecule has 1 saturated heterocycles. The van der Waals surface area contributed by atoms with Crippen molar-refractivity contribution in [3.05, 3.63) is 40.5 Å². The van der Waals surface area contributed by atoms with Crippen LogP contribution in [-0.2, 0) is 36.9 Å². The summed E-state index contributed by atoms with van der Waals surface area (Å²) in [6, 6.07) is 5.49. The SMILES string of the molecule is CC(C)(C)OC(=O)N1Cc2ccc(C=C3C(=O)OC(C)(C)OC3=O)cc2C1. The van der Waals surface area contributed by atoms with Crippen LogP contribution in [0.25, 0.3) is 6.08 Å². The molecule has 144 valence electrons. The second-order valence-corrected chi connectivity index (χ2v) is 8.10. The van der Waals surface area contributed by atoms with E-state index < -0.39 is 23.3 Å². The Labute approximate surface area is 157 Å². The summed E-state index contributed by atoms with van der Waals surface area (Å²) in [6.07, 6.45) is 1.07. The molecule has 0 spiro atoms. The van der Waals surface area contributed by atoms with Gasteiger partial charge >= 0.3 is 18.0 Å². The Morgan fingerprint density at radius 3 is 2.30 bits per heavy atom. The van der Waals surface area contributed by atoms with Crippen LogP contribution in [0.5, 0.6) is 0 Å². The molecule has 3 rings (SSSR count). The Balaban J connectivity index is 1.78. The van der Waals surface area contributed by atoms with E-state index in [1.54, 1.807) is 11.0 Å². The van der Waals surface area contributed by atoms with Crippen LogP contribution in [0.3, 0.4) is 0 Å². The van der Waals surface area contributed by atoms with Gasteiger partial charge in [-0.05, 0) is 49.6 Å². The van der Waals surface area contributed by atoms with Crippen LogP contribution in [0.15, 0.2) is 23.8 Å². The van der Waals surface area contributed by atoms with E-state index in [1.165, 1.54) is 19.9 Å². The molecule has 0 N–H and O–H groups in total. The summed E-state index contributed by atoms with van der Waals surface area (Å²) >= 11 is 0. The summed E-state index contributed by atoms with van der Waals surface area (Å²) in [4.78, 5) is 38.0. The maximum Gasteiger partial charge on any atom is 0.410 e. The van der Waals surface area contributed by atoms with Gasteiger partial charge in [-0.2, -0.15) is 0 Å². The minimum atomic E-state index is -1.27. The standard InChI is InChI=1S/C20H23NO6/c1-19(2,3)27-18(24)21-10-13-7-6-12(8-14(13)11-21)9-15-16(22)25-20(4,5)26-17(15)23/h6-9H,10-11H2,1-5H3. The summed E-state index contributed by atoms with van der Waals surface area (Å²) in [6.45, 7) is 9.33. The van der Waals surface area contributed by atoms with Crippen LogP contribution >= 0.6 is 0 Å². The Kier molecular flexibility index (Phi) is 4.49. The normalized spacial score (nSPS) is 18.6. The molecule has 7 nitrogen and oxygen atoms in total. The lowest BCUT2D eigenvalue weighted by atomic mass is 10.0. The molecule has 0 unspecified atom stereocenters. The Morgan fingerprint density at radius 1 is 1.11 bits per heavy atom. The zero-order valence-corrected chi connectivity index (χ0v) is 16.1. The van der Waals surface area contributed by atoms with Crippen LogP contribution in [0.4, 0.5) is 4.79 Å². The van der Waals surface area contributed by atoms with E-state index in [2.05, 4.69) is 0 Å². The first kappa shape index (κ1) is 18.9. The smallest absolute Gasteiger partial charge is 0.410 e. The summed E-state index contributed by atoms with van der Waals surface area (Å²) in [5, 5.41) is 0. The highest BCUT2D eigenvalue weighted by Gasteiger charge is 2.39. The van der Waals surface area contributed by atoms with Crippen LogP contribution in [0, 0.1) is 0 Å². The number of esters is 2. The molecule has 0 aromatic heterocycles. The van der Waals surface area contributed by atoms with Crippen molar-refractivity contribution in [1.29, 1.82) is 0 Å². The average Bonchev–Trinajstić information content (AvgIpc) is 2.91. The van der Waals surface area contributed by atoms with Crippen molar-refractivity contribution < 1.29 is 28.6 Å². The van der Waals surface area contributed by atoms with Gasteiger partial charge in [-0.25, -0.2) is 14.4 Å². The van der Waals surface area contributed by atoms with E-state index in [4.69, 9.17) is 14.2 Å². The molecule has 1 aromatic rings.